The fourth-order valence-electron chi connectivity index (χ4n) is 3.20. The lowest BCUT2D eigenvalue weighted by molar-refractivity contribution is 0.577. The Morgan fingerprint density at radius 2 is 1.85 bits per heavy atom. The van der Waals surface area contributed by atoms with E-state index >= 15 is 0 Å². The van der Waals surface area contributed by atoms with Crippen molar-refractivity contribution in [1.29, 1.82) is 0 Å². The highest BCUT2D eigenvalue weighted by Crippen LogP contribution is 2.30. The minimum atomic E-state index is -0.0632. The Morgan fingerprint density at radius 3 is 2.55 bits per heavy atom. The molecule has 4 nitrogen and oxygen atoms in total. The monoisotopic (exact) mass is 271 g/mol. The van der Waals surface area contributed by atoms with E-state index < -0.39 is 0 Å². The highest BCUT2D eigenvalue weighted by atomic mass is 16.1. The first-order valence-electron chi connectivity index (χ1n) is 7.40. The smallest absolute Gasteiger partial charge is 0.274 e. The molecule has 3 rings (SSSR count). The van der Waals surface area contributed by atoms with E-state index in [4.69, 9.17) is 5.84 Å². The van der Waals surface area contributed by atoms with Crippen LogP contribution in [0.3, 0.4) is 0 Å². The molecule has 1 aromatic heterocycles. The van der Waals surface area contributed by atoms with Gasteiger partial charge in [-0.15, -0.1) is 0 Å². The molecule has 0 spiro atoms. The number of hydrogen-bond donors (Lipinski definition) is 1. The third kappa shape index (κ3) is 1.96. The lowest BCUT2D eigenvalue weighted by Gasteiger charge is -2.31. The van der Waals surface area contributed by atoms with E-state index in [0.717, 1.165) is 35.2 Å². The number of anilines is 1. The summed E-state index contributed by atoms with van der Waals surface area (Å²) >= 11 is 0. The summed E-state index contributed by atoms with van der Waals surface area (Å²) in [6.07, 6.45) is 4.39. The predicted octanol–water partition coefficient (Wildman–Crippen LogP) is 2.27. The maximum absolute atomic E-state index is 12.5. The average molecular weight is 271 g/mol. The molecule has 1 aliphatic heterocycles. The number of rotatable bonds is 2. The van der Waals surface area contributed by atoms with E-state index in [-0.39, 0.29) is 5.56 Å². The fourth-order valence-corrected chi connectivity index (χ4v) is 3.20. The Balaban J connectivity index is 2.32. The first kappa shape index (κ1) is 13.0. The number of hydrogen-bond acceptors (Lipinski definition) is 3. The van der Waals surface area contributed by atoms with E-state index in [0.29, 0.717) is 6.42 Å². The van der Waals surface area contributed by atoms with Crippen LogP contribution in [0.15, 0.2) is 29.1 Å². The van der Waals surface area contributed by atoms with Crippen LogP contribution < -0.4 is 16.3 Å². The Hall–Kier alpha value is -1.97. The van der Waals surface area contributed by atoms with E-state index in [9.17, 15) is 4.79 Å². The van der Waals surface area contributed by atoms with Crippen LogP contribution in [0, 0.1) is 0 Å². The van der Waals surface area contributed by atoms with Gasteiger partial charge >= 0.3 is 0 Å². The second-order valence-corrected chi connectivity index (χ2v) is 5.42. The molecule has 0 unspecified atom stereocenters. The van der Waals surface area contributed by atoms with Gasteiger partial charge in [-0.3, -0.25) is 4.79 Å². The summed E-state index contributed by atoms with van der Waals surface area (Å²) in [7, 11) is 0. The minimum Gasteiger partial charge on any atom is -0.371 e. The molecule has 0 atom stereocenters. The van der Waals surface area contributed by atoms with Crippen LogP contribution in [0.25, 0.3) is 10.9 Å². The van der Waals surface area contributed by atoms with E-state index in [1.54, 1.807) is 0 Å². The molecule has 1 fully saturated rings. The standard InChI is InChI=1S/C16H21N3O/c1-2-12-15(18-10-6-3-7-11-18)13-8-4-5-9-14(13)19(17)16(12)20/h4-5,8-9H,2-3,6-7,10-11,17H2,1H3. The highest BCUT2D eigenvalue weighted by molar-refractivity contribution is 5.93. The second kappa shape index (κ2) is 5.19. The number of benzene rings is 1. The lowest BCUT2D eigenvalue weighted by Crippen LogP contribution is -2.36. The number of nitrogen functional groups attached to an aromatic ring is 1. The van der Waals surface area contributed by atoms with Crippen molar-refractivity contribution in [3.05, 3.63) is 40.2 Å². The molecule has 4 heteroatoms. The number of pyridine rings is 1. The minimum absolute atomic E-state index is 0.0632. The molecule has 106 valence electrons. The van der Waals surface area contributed by atoms with Gasteiger partial charge in [-0.2, -0.15) is 0 Å². The zero-order valence-electron chi connectivity index (χ0n) is 11.9. The molecule has 2 heterocycles. The Morgan fingerprint density at radius 1 is 1.15 bits per heavy atom. The van der Waals surface area contributed by atoms with Crippen LogP contribution in [-0.4, -0.2) is 17.8 Å². The number of piperidine rings is 1. The van der Waals surface area contributed by atoms with Gasteiger partial charge in [-0.1, -0.05) is 25.1 Å². The SMILES string of the molecule is CCc1c(N2CCCCC2)c2ccccc2n(N)c1=O. The average Bonchev–Trinajstić information content (AvgIpc) is 2.51. The molecule has 1 aromatic carbocycles. The van der Waals surface area contributed by atoms with Gasteiger partial charge in [-0.05, 0) is 31.7 Å². The van der Waals surface area contributed by atoms with E-state index in [2.05, 4.69) is 11.0 Å². The molecule has 0 aliphatic carbocycles. The van der Waals surface area contributed by atoms with Crippen molar-refractivity contribution in [2.24, 2.45) is 0 Å². The summed E-state index contributed by atoms with van der Waals surface area (Å²) in [6, 6.07) is 7.93. The van der Waals surface area contributed by atoms with Gasteiger partial charge in [0, 0.05) is 24.0 Å². The molecule has 0 amide bonds. The molecule has 1 aliphatic rings. The van der Waals surface area contributed by atoms with Crippen molar-refractivity contribution in [3.63, 3.8) is 0 Å². The van der Waals surface area contributed by atoms with E-state index in [1.165, 1.54) is 23.9 Å². The van der Waals surface area contributed by atoms with Gasteiger partial charge in [0.15, 0.2) is 0 Å². The quantitative estimate of drug-likeness (QED) is 0.852. The van der Waals surface area contributed by atoms with Crippen LogP contribution in [-0.2, 0) is 6.42 Å². The van der Waals surface area contributed by atoms with Crippen LogP contribution in [0.5, 0.6) is 0 Å². The summed E-state index contributed by atoms with van der Waals surface area (Å²) in [5.41, 5.74) is 2.70. The fraction of sp³-hybridized carbons (Fsp3) is 0.438. The molecule has 0 bridgehead atoms. The van der Waals surface area contributed by atoms with Crippen molar-refractivity contribution < 1.29 is 0 Å². The normalized spacial score (nSPS) is 15.8. The van der Waals surface area contributed by atoms with Gasteiger partial charge in [0.05, 0.1) is 11.2 Å². The van der Waals surface area contributed by atoms with Gasteiger partial charge in [-0.25, -0.2) is 4.68 Å². The number of para-hydroxylation sites is 1. The van der Waals surface area contributed by atoms with Gasteiger partial charge in [0.1, 0.15) is 0 Å². The Labute approximate surface area is 118 Å². The van der Waals surface area contributed by atoms with Crippen molar-refractivity contribution in [3.8, 4) is 0 Å². The summed E-state index contributed by atoms with van der Waals surface area (Å²) in [5, 5.41) is 1.09. The number of aromatic nitrogens is 1. The summed E-state index contributed by atoms with van der Waals surface area (Å²) in [4.78, 5) is 14.9. The van der Waals surface area contributed by atoms with Gasteiger partial charge in [0.2, 0.25) is 0 Å². The first-order chi connectivity index (χ1) is 9.74. The number of fused-ring (bicyclic) bond motifs is 1. The number of nitrogens with two attached hydrogens (primary N) is 1. The maximum atomic E-state index is 12.5. The summed E-state index contributed by atoms with van der Waals surface area (Å²) < 4.78 is 1.29. The van der Waals surface area contributed by atoms with Gasteiger partial charge < -0.3 is 10.7 Å². The maximum Gasteiger partial charge on any atom is 0.274 e. The molecular formula is C16H21N3O. The second-order valence-electron chi connectivity index (χ2n) is 5.42. The molecule has 0 radical (unpaired) electrons. The van der Waals surface area contributed by atoms with Crippen molar-refractivity contribution >= 4 is 16.6 Å². The van der Waals surface area contributed by atoms with Crippen molar-refractivity contribution in [2.45, 2.75) is 32.6 Å². The third-order valence-electron chi connectivity index (χ3n) is 4.21. The topological polar surface area (TPSA) is 51.3 Å². The highest BCUT2D eigenvalue weighted by Gasteiger charge is 2.20. The van der Waals surface area contributed by atoms with Crippen molar-refractivity contribution in [2.75, 3.05) is 23.8 Å². The molecule has 0 saturated carbocycles. The van der Waals surface area contributed by atoms with Crippen molar-refractivity contribution in [1.82, 2.24) is 4.68 Å². The molecular weight excluding hydrogens is 250 g/mol. The zero-order valence-corrected chi connectivity index (χ0v) is 11.9. The molecule has 2 aromatic rings. The van der Waals surface area contributed by atoms with Crippen LogP contribution >= 0.6 is 0 Å². The molecule has 1 saturated heterocycles. The largest absolute Gasteiger partial charge is 0.371 e. The zero-order chi connectivity index (χ0) is 14.1. The summed E-state index contributed by atoms with van der Waals surface area (Å²) in [5.74, 6) is 5.98. The Kier molecular flexibility index (Phi) is 3.38. The Bertz CT molecular complexity index is 684. The van der Waals surface area contributed by atoms with Crippen LogP contribution in [0.2, 0.25) is 0 Å². The molecule has 20 heavy (non-hydrogen) atoms. The van der Waals surface area contributed by atoms with Crippen LogP contribution in [0.4, 0.5) is 5.69 Å². The number of nitrogens with zero attached hydrogens (tertiary/aromatic N) is 2. The lowest BCUT2D eigenvalue weighted by atomic mass is 10.0. The van der Waals surface area contributed by atoms with E-state index in [1.807, 2.05) is 25.1 Å². The van der Waals surface area contributed by atoms with Crippen LogP contribution in [0.1, 0.15) is 31.7 Å². The third-order valence-corrected chi connectivity index (χ3v) is 4.21. The summed E-state index contributed by atoms with van der Waals surface area (Å²) in [6.45, 7) is 4.09. The molecule has 2 N–H and O–H groups in total. The first-order valence-corrected chi connectivity index (χ1v) is 7.40. The van der Waals surface area contributed by atoms with Gasteiger partial charge in [0.25, 0.3) is 5.56 Å². The predicted molar refractivity (Wildman–Crippen MR) is 83.8 cm³/mol.